The number of pyridine rings is 1. The average Bonchev–Trinajstić information content (AvgIpc) is 2.70. The number of anilines is 1. The van der Waals surface area contributed by atoms with Crippen molar-refractivity contribution in [2.24, 2.45) is 0 Å². The van der Waals surface area contributed by atoms with Gasteiger partial charge in [0.05, 0.1) is 5.75 Å². The van der Waals surface area contributed by atoms with Crippen molar-refractivity contribution in [2.75, 3.05) is 23.4 Å². The molecule has 8 heteroatoms. The van der Waals surface area contributed by atoms with Gasteiger partial charge in [-0.3, -0.25) is 0 Å². The summed E-state index contributed by atoms with van der Waals surface area (Å²) >= 11 is 3.34. The zero-order valence-corrected chi connectivity index (χ0v) is 12.2. The Bertz CT molecular complexity index is 653. The van der Waals surface area contributed by atoms with E-state index in [1.54, 1.807) is 17.6 Å². The number of rotatable bonds is 5. The lowest BCUT2D eigenvalue weighted by Gasteiger charge is -2.01. The first-order valence-electron chi connectivity index (χ1n) is 5.46. The first-order valence-corrected chi connectivity index (χ1v) is 8.08. The third-order valence-corrected chi connectivity index (χ3v) is 4.61. The van der Waals surface area contributed by atoms with Crippen molar-refractivity contribution in [2.45, 2.75) is 6.92 Å². The second kappa shape index (κ2) is 5.23. The molecule has 0 unspecified atom stereocenters. The van der Waals surface area contributed by atoms with E-state index in [0.29, 0.717) is 18.1 Å². The second-order valence-corrected chi connectivity index (χ2v) is 7.14. The molecule has 0 aromatic carbocycles. The summed E-state index contributed by atoms with van der Waals surface area (Å²) in [4.78, 5) is 4.22. The summed E-state index contributed by atoms with van der Waals surface area (Å²) in [5.41, 5.74) is 0.707. The molecule has 2 heterocycles. The molecule has 0 amide bonds. The fraction of sp³-hybridized carbons (Fsp3) is 0.400. The van der Waals surface area contributed by atoms with E-state index in [9.17, 15) is 8.42 Å². The van der Waals surface area contributed by atoms with E-state index in [1.165, 1.54) is 0 Å². The Hall–Kier alpha value is -1.15. The molecule has 0 atom stereocenters. The van der Waals surface area contributed by atoms with Gasteiger partial charge in [-0.2, -0.15) is 4.98 Å². The molecule has 0 saturated carbocycles. The van der Waals surface area contributed by atoms with Crippen molar-refractivity contribution in [3.63, 3.8) is 0 Å². The van der Waals surface area contributed by atoms with Gasteiger partial charge in [0.2, 0.25) is 5.95 Å². The number of nitrogens with zero attached hydrogens (tertiary/aromatic N) is 3. The topological polar surface area (TPSA) is 76.4 Å². The van der Waals surface area contributed by atoms with Crippen LogP contribution in [0.2, 0.25) is 0 Å². The minimum Gasteiger partial charge on any atom is -0.352 e. The molecule has 0 aliphatic heterocycles. The summed E-state index contributed by atoms with van der Waals surface area (Å²) in [6.07, 6.45) is 1.79. The van der Waals surface area contributed by atoms with Gasteiger partial charge in [0.25, 0.3) is 0 Å². The number of hydrogen-bond acceptors (Lipinski definition) is 5. The molecule has 0 spiro atoms. The summed E-state index contributed by atoms with van der Waals surface area (Å²) in [6, 6.07) is 3.69. The number of nitrogens with one attached hydrogen (secondary N) is 1. The Morgan fingerprint density at radius 2 is 2.22 bits per heavy atom. The molecule has 2 aromatic heterocycles. The van der Waals surface area contributed by atoms with Crippen LogP contribution < -0.4 is 5.32 Å². The maximum absolute atomic E-state index is 11.3. The van der Waals surface area contributed by atoms with Crippen molar-refractivity contribution < 1.29 is 8.42 Å². The highest BCUT2D eigenvalue weighted by Crippen LogP contribution is 2.11. The van der Waals surface area contributed by atoms with Crippen LogP contribution in [0.3, 0.4) is 0 Å². The largest absolute Gasteiger partial charge is 0.352 e. The SMILES string of the molecule is CCS(=O)(=O)CCNc1nc2ccc(Br)cn2n1. The lowest BCUT2D eigenvalue weighted by atomic mass is 10.5. The fourth-order valence-corrected chi connectivity index (χ4v) is 2.42. The first-order chi connectivity index (χ1) is 8.50. The number of hydrogen-bond donors (Lipinski definition) is 1. The van der Waals surface area contributed by atoms with Crippen LogP contribution in [-0.4, -0.2) is 41.1 Å². The Morgan fingerprint density at radius 3 is 2.94 bits per heavy atom. The third kappa shape index (κ3) is 3.20. The van der Waals surface area contributed by atoms with Gasteiger partial charge in [-0.05, 0) is 28.1 Å². The summed E-state index contributed by atoms with van der Waals surface area (Å²) in [5, 5.41) is 7.10. The van der Waals surface area contributed by atoms with E-state index < -0.39 is 9.84 Å². The summed E-state index contributed by atoms with van der Waals surface area (Å²) < 4.78 is 25.2. The van der Waals surface area contributed by atoms with Crippen LogP contribution >= 0.6 is 15.9 Å². The van der Waals surface area contributed by atoms with E-state index in [2.05, 4.69) is 31.3 Å². The molecule has 0 bridgehead atoms. The monoisotopic (exact) mass is 332 g/mol. The molecule has 0 fully saturated rings. The highest BCUT2D eigenvalue weighted by atomic mass is 79.9. The Morgan fingerprint density at radius 1 is 1.44 bits per heavy atom. The number of sulfone groups is 1. The van der Waals surface area contributed by atoms with E-state index >= 15 is 0 Å². The minimum absolute atomic E-state index is 0.0861. The normalized spacial score (nSPS) is 11.9. The number of fused-ring (bicyclic) bond motifs is 1. The van der Waals surface area contributed by atoms with Crippen LogP contribution in [0, 0.1) is 0 Å². The highest BCUT2D eigenvalue weighted by Gasteiger charge is 2.08. The summed E-state index contributed by atoms with van der Waals surface area (Å²) in [7, 11) is -2.96. The molecule has 98 valence electrons. The molecule has 1 N–H and O–H groups in total. The predicted molar refractivity (Wildman–Crippen MR) is 73.5 cm³/mol. The standard InChI is InChI=1S/C10H13BrN4O2S/c1-2-18(16,17)6-5-12-10-13-9-4-3-8(11)7-15(9)14-10/h3-4,7H,2,5-6H2,1H3,(H,12,14). The van der Waals surface area contributed by atoms with Crippen LogP contribution in [0.15, 0.2) is 22.8 Å². The van der Waals surface area contributed by atoms with Gasteiger partial charge in [-0.1, -0.05) is 6.92 Å². The Kier molecular flexibility index (Phi) is 3.86. The number of halogens is 1. The van der Waals surface area contributed by atoms with Crippen molar-refractivity contribution >= 4 is 37.4 Å². The maximum Gasteiger partial charge on any atom is 0.243 e. The molecule has 0 aliphatic rings. The Balaban J connectivity index is 2.04. The van der Waals surface area contributed by atoms with Crippen LogP contribution in [0.5, 0.6) is 0 Å². The lowest BCUT2D eigenvalue weighted by molar-refractivity contribution is 0.597. The zero-order valence-electron chi connectivity index (χ0n) is 9.80. The highest BCUT2D eigenvalue weighted by molar-refractivity contribution is 9.10. The predicted octanol–water partition coefficient (Wildman–Crippen LogP) is 1.34. The van der Waals surface area contributed by atoms with Crippen LogP contribution in [0.4, 0.5) is 5.95 Å². The molecular formula is C10H13BrN4O2S. The van der Waals surface area contributed by atoms with Gasteiger partial charge in [-0.25, -0.2) is 12.9 Å². The first kappa shape index (κ1) is 13.3. The summed E-state index contributed by atoms with van der Waals surface area (Å²) in [6.45, 7) is 1.95. The van der Waals surface area contributed by atoms with Gasteiger partial charge in [-0.15, -0.1) is 5.10 Å². The van der Waals surface area contributed by atoms with Crippen LogP contribution in [-0.2, 0) is 9.84 Å². The van der Waals surface area contributed by atoms with Gasteiger partial charge >= 0.3 is 0 Å². The average molecular weight is 333 g/mol. The van der Waals surface area contributed by atoms with E-state index in [1.807, 2.05) is 12.1 Å². The molecule has 6 nitrogen and oxygen atoms in total. The van der Waals surface area contributed by atoms with Gasteiger partial charge in [0.1, 0.15) is 0 Å². The van der Waals surface area contributed by atoms with Gasteiger partial charge in [0.15, 0.2) is 15.5 Å². The third-order valence-electron chi connectivity index (χ3n) is 2.43. The zero-order chi connectivity index (χ0) is 13.2. The summed E-state index contributed by atoms with van der Waals surface area (Å²) in [5.74, 6) is 0.669. The molecule has 2 rings (SSSR count). The smallest absolute Gasteiger partial charge is 0.243 e. The molecule has 18 heavy (non-hydrogen) atoms. The van der Waals surface area contributed by atoms with E-state index in [0.717, 1.165) is 4.47 Å². The van der Waals surface area contributed by atoms with Crippen LogP contribution in [0.1, 0.15) is 6.92 Å². The molecule has 2 aromatic rings. The molecular weight excluding hydrogens is 320 g/mol. The number of aromatic nitrogens is 3. The van der Waals surface area contributed by atoms with E-state index in [-0.39, 0.29) is 11.5 Å². The molecule has 0 saturated heterocycles. The van der Waals surface area contributed by atoms with Gasteiger partial charge < -0.3 is 5.32 Å². The van der Waals surface area contributed by atoms with Crippen molar-refractivity contribution in [1.29, 1.82) is 0 Å². The fourth-order valence-electron chi connectivity index (χ4n) is 1.40. The van der Waals surface area contributed by atoms with Crippen molar-refractivity contribution in [3.05, 3.63) is 22.8 Å². The van der Waals surface area contributed by atoms with Crippen LogP contribution in [0.25, 0.3) is 5.65 Å². The lowest BCUT2D eigenvalue weighted by Crippen LogP contribution is -2.17. The van der Waals surface area contributed by atoms with Crippen molar-refractivity contribution in [3.8, 4) is 0 Å². The second-order valence-electron chi connectivity index (χ2n) is 3.75. The van der Waals surface area contributed by atoms with E-state index in [4.69, 9.17) is 0 Å². The minimum atomic E-state index is -2.96. The maximum atomic E-state index is 11.3. The van der Waals surface area contributed by atoms with Gasteiger partial charge in [0, 0.05) is 23.0 Å². The van der Waals surface area contributed by atoms with Crippen molar-refractivity contribution in [1.82, 2.24) is 14.6 Å². The molecule has 0 aliphatic carbocycles. The Labute approximate surface area is 113 Å². The molecule has 0 radical (unpaired) electrons. The quantitative estimate of drug-likeness (QED) is 0.894.